The van der Waals surface area contributed by atoms with Crippen molar-refractivity contribution in [3.8, 4) is 11.4 Å². The molecule has 1 aliphatic rings. The van der Waals surface area contributed by atoms with Crippen LogP contribution in [0.15, 0.2) is 34.9 Å². The van der Waals surface area contributed by atoms with E-state index in [1.54, 1.807) is 11.8 Å². The normalized spacial score (nSPS) is 15.0. The summed E-state index contributed by atoms with van der Waals surface area (Å²) >= 11 is 0. The van der Waals surface area contributed by atoms with Crippen LogP contribution in [-0.4, -0.2) is 53.9 Å². The molecule has 1 aromatic carbocycles. The van der Waals surface area contributed by atoms with Crippen LogP contribution < -0.4 is 4.90 Å². The van der Waals surface area contributed by atoms with Crippen LogP contribution in [0.25, 0.3) is 11.4 Å². The number of nitrogens with zero attached hydrogens (tertiary/aromatic N) is 4. The molecule has 7 nitrogen and oxygen atoms in total. The van der Waals surface area contributed by atoms with Gasteiger partial charge in [-0.25, -0.2) is 4.79 Å². The molecule has 116 valence electrons. The highest BCUT2D eigenvalue weighted by molar-refractivity contribution is 5.68. The SMILES string of the molecule is CCOC(=O)N1CCN(c2nc(-c3ccccc3)no2)CC1. The second kappa shape index (κ2) is 6.46. The summed E-state index contributed by atoms with van der Waals surface area (Å²) in [5, 5.41) is 4.01. The lowest BCUT2D eigenvalue weighted by molar-refractivity contribution is 0.104. The quantitative estimate of drug-likeness (QED) is 0.863. The molecule has 1 aromatic heterocycles. The fourth-order valence-electron chi connectivity index (χ4n) is 2.34. The van der Waals surface area contributed by atoms with Crippen LogP contribution in [0.2, 0.25) is 0 Å². The van der Waals surface area contributed by atoms with E-state index in [4.69, 9.17) is 9.26 Å². The van der Waals surface area contributed by atoms with Gasteiger partial charge in [0.2, 0.25) is 5.82 Å². The van der Waals surface area contributed by atoms with Crippen molar-refractivity contribution in [3.05, 3.63) is 30.3 Å². The zero-order valence-corrected chi connectivity index (χ0v) is 12.4. The third-order valence-corrected chi connectivity index (χ3v) is 3.52. The van der Waals surface area contributed by atoms with Crippen molar-refractivity contribution in [2.24, 2.45) is 0 Å². The first kappa shape index (κ1) is 14.4. The summed E-state index contributed by atoms with van der Waals surface area (Å²) in [5.41, 5.74) is 0.919. The van der Waals surface area contributed by atoms with E-state index in [2.05, 4.69) is 10.1 Å². The number of carbonyl (C=O) groups is 1. The first-order valence-corrected chi connectivity index (χ1v) is 7.33. The van der Waals surface area contributed by atoms with Gasteiger partial charge in [0.1, 0.15) is 0 Å². The molecule has 7 heteroatoms. The molecular formula is C15H18N4O3. The number of aromatic nitrogens is 2. The Labute approximate surface area is 128 Å². The van der Waals surface area contributed by atoms with Crippen LogP contribution >= 0.6 is 0 Å². The minimum atomic E-state index is -0.266. The number of ether oxygens (including phenoxy) is 1. The second-order valence-corrected chi connectivity index (χ2v) is 4.94. The minimum absolute atomic E-state index is 0.266. The van der Waals surface area contributed by atoms with Crippen LogP contribution in [0.5, 0.6) is 0 Å². The average Bonchev–Trinajstić information content (AvgIpc) is 3.06. The summed E-state index contributed by atoms with van der Waals surface area (Å²) in [6, 6.07) is 10.2. The molecule has 0 spiro atoms. The molecular weight excluding hydrogens is 284 g/mol. The highest BCUT2D eigenvalue weighted by Gasteiger charge is 2.25. The van der Waals surface area contributed by atoms with Gasteiger partial charge < -0.3 is 19.1 Å². The van der Waals surface area contributed by atoms with Gasteiger partial charge in [-0.2, -0.15) is 4.98 Å². The topological polar surface area (TPSA) is 71.7 Å². The van der Waals surface area contributed by atoms with Crippen molar-refractivity contribution in [3.63, 3.8) is 0 Å². The van der Waals surface area contributed by atoms with E-state index in [1.165, 1.54) is 0 Å². The predicted octanol–water partition coefficient (Wildman–Crippen LogP) is 2.02. The molecule has 0 aliphatic carbocycles. The van der Waals surface area contributed by atoms with Gasteiger partial charge in [0.25, 0.3) is 0 Å². The summed E-state index contributed by atoms with van der Waals surface area (Å²) < 4.78 is 10.3. The minimum Gasteiger partial charge on any atom is -0.450 e. The van der Waals surface area contributed by atoms with Crippen molar-refractivity contribution < 1.29 is 14.1 Å². The average molecular weight is 302 g/mol. The number of amides is 1. The van der Waals surface area contributed by atoms with Crippen molar-refractivity contribution in [1.82, 2.24) is 15.0 Å². The summed E-state index contributed by atoms with van der Waals surface area (Å²) in [5.74, 6) is 0.573. The van der Waals surface area contributed by atoms with Crippen LogP contribution in [0, 0.1) is 0 Å². The Morgan fingerprint density at radius 3 is 2.64 bits per heavy atom. The van der Waals surface area contributed by atoms with E-state index in [0.29, 0.717) is 44.6 Å². The number of piperazine rings is 1. The number of hydrogen-bond acceptors (Lipinski definition) is 6. The van der Waals surface area contributed by atoms with Gasteiger partial charge in [-0.05, 0) is 6.92 Å². The second-order valence-electron chi connectivity index (χ2n) is 4.94. The standard InChI is InChI=1S/C15H18N4O3/c1-2-21-15(20)19-10-8-18(9-11-19)14-16-13(17-22-14)12-6-4-3-5-7-12/h3-7H,2,8-11H2,1H3. The summed E-state index contributed by atoms with van der Waals surface area (Å²) in [6.07, 6.45) is -0.266. The molecule has 0 atom stereocenters. The smallest absolute Gasteiger partial charge is 0.409 e. The maximum atomic E-state index is 11.7. The zero-order valence-electron chi connectivity index (χ0n) is 12.4. The Morgan fingerprint density at radius 2 is 1.95 bits per heavy atom. The molecule has 0 bridgehead atoms. The summed E-state index contributed by atoms with van der Waals surface area (Å²) in [6.45, 7) is 4.66. The Kier molecular flexibility index (Phi) is 4.22. The number of rotatable bonds is 3. The fourth-order valence-corrected chi connectivity index (χ4v) is 2.34. The van der Waals surface area contributed by atoms with E-state index >= 15 is 0 Å². The van der Waals surface area contributed by atoms with E-state index in [1.807, 2.05) is 35.2 Å². The van der Waals surface area contributed by atoms with Crippen LogP contribution in [-0.2, 0) is 4.74 Å². The Balaban J connectivity index is 1.63. The Bertz CT molecular complexity index is 621. The van der Waals surface area contributed by atoms with Crippen LogP contribution in [0.1, 0.15) is 6.92 Å². The lowest BCUT2D eigenvalue weighted by Crippen LogP contribution is -2.49. The van der Waals surface area contributed by atoms with Crippen LogP contribution in [0.4, 0.5) is 10.8 Å². The third-order valence-electron chi connectivity index (χ3n) is 3.52. The van der Waals surface area contributed by atoms with Gasteiger partial charge in [-0.1, -0.05) is 35.5 Å². The van der Waals surface area contributed by atoms with E-state index in [9.17, 15) is 4.79 Å². The van der Waals surface area contributed by atoms with E-state index < -0.39 is 0 Å². The number of hydrogen-bond donors (Lipinski definition) is 0. The van der Waals surface area contributed by atoms with Crippen molar-refractivity contribution in [1.29, 1.82) is 0 Å². The third kappa shape index (κ3) is 3.03. The van der Waals surface area contributed by atoms with E-state index in [0.717, 1.165) is 5.56 Å². The zero-order chi connectivity index (χ0) is 15.4. The first-order chi connectivity index (χ1) is 10.8. The van der Waals surface area contributed by atoms with Crippen molar-refractivity contribution >= 4 is 12.1 Å². The maximum absolute atomic E-state index is 11.7. The first-order valence-electron chi connectivity index (χ1n) is 7.33. The van der Waals surface area contributed by atoms with Crippen molar-refractivity contribution in [2.75, 3.05) is 37.7 Å². The molecule has 0 radical (unpaired) electrons. The Morgan fingerprint density at radius 1 is 1.23 bits per heavy atom. The van der Waals surface area contributed by atoms with Crippen LogP contribution in [0.3, 0.4) is 0 Å². The van der Waals surface area contributed by atoms with Crippen molar-refractivity contribution in [2.45, 2.75) is 6.92 Å². The number of anilines is 1. The molecule has 1 amide bonds. The lowest BCUT2D eigenvalue weighted by Gasteiger charge is -2.32. The number of benzene rings is 1. The molecule has 1 saturated heterocycles. The largest absolute Gasteiger partial charge is 0.450 e. The molecule has 2 heterocycles. The lowest BCUT2D eigenvalue weighted by atomic mass is 10.2. The molecule has 2 aromatic rings. The molecule has 0 saturated carbocycles. The summed E-state index contributed by atoms with van der Waals surface area (Å²) in [7, 11) is 0. The monoisotopic (exact) mass is 302 g/mol. The van der Waals surface area contributed by atoms with Gasteiger partial charge in [0, 0.05) is 31.7 Å². The maximum Gasteiger partial charge on any atom is 0.409 e. The summed E-state index contributed by atoms with van der Waals surface area (Å²) in [4.78, 5) is 19.8. The predicted molar refractivity (Wildman–Crippen MR) is 80.5 cm³/mol. The van der Waals surface area contributed by atoms with Gasteiger partial charge >= 0.3 is 12.1 Å². The van der Waals surface area contributed by atoms with Gasteiger partial charge in [-0.3, -0.25) is 0 Å². The van der Waals surface area contributed by atoms with Gasteiger partial charge in [0.05, 0.1) is 6.61 Å². The molecule has 1 fully saturated rings. The van der Waals surface area contributed by atoms with Gasteiger partial charge in [-0.15, -0.1) is 0 Å². The highest BCUT2D eigenvalue weighted by atomic mass is 16.6. The van der Waals surface area contributed by atoms with E-state index in [-0.39, 0.29) is 6.09 Å². The molecule has 0 N–H and O–H groups in total. The number of carbonyl (C=O) groups excluding carboxylic acids is 1. The Hall–Kier alpha value is -2.57. The molecule has 0 unspecified atom stereocenters. The highest BCUT2D eigenvalue weighted by Crippen LogP contribution is 2.20. The van der Waals surface area contributed by atoms with Gasteiger partial charge in [0.15, 0.2) is 0 Å². The molecule has 3 rings (SSSR count). The molecule has 22 heavy (non-hydrogen) atoms. The molecule has 1 aliphatic heterocycles. The fraction of sp³-hybridized carbons (Fsp3) is 0.400.